The molecule has 2 atom stereocenters. The molecule has 1 aliphatic heterocycles. The van der Waals surface area contributed by atoms with E-state index < -0.39 is 0 Å². The Morgan fingerprint density at radius 3 is 2.56 bits per heavy atom. The molecule has 2 aromatic rings. The van der Waals surface area contributed by atoms with Crippen molar-refractivity contribution < 1.29 is 4.79 Å². The molecule has 3 rings (SSSR count). The lowest BCUT2D eigenvalue weighted by Crippen LogP contribution is -2.38. The minimum atomic E-state index is -0.0114. The highest BCUT2D eigenvalue weighted by Crippen LogP contribution is 2.36. The fourth-order valence-electron chi connectivity index (χ4n) is 3.21. The Labute approximate surface area is 154 Å². The van der Waals surface area contributed by atoms with E-state index in [4.69, 9.17) is 0 Å². The van der Waals surface area contributed by atoms with E-state index in [-0.39, 0.29) is 17.2 Å². The monoisotopic (exact) mass is 354 g/mol. The lowest BCUT2D eigenvalue weighted by Gasteiger charge is -2.26. The van der Waals surface area contributed by atoms with E-state index >= 15 is 0 Å². The van der Waals surface area contributed by atoms with Gasteiger partial charge in [0.2, 0.25) is 5.91 Å². The lowest BCUT2D eigenvalue weighted by atomic mass is 10.0. The largest absolute Gasteiger partial charge is 0.353 e. The third kappa shape index (κ3) is 4.25. The molecule has 1 N–H and O–H groups in total. The topological polar surface area (TPSA) is 32.3 Å². The first-order valence-electron chi connectivity index (χ1n) is 8.86. The number of rotatable bonds is 6. The van der Waals surface area contributed by atoms with Crippen LogP contribution in [0.1, 0.15) is 29.7 Å². The van der Waals surface area contributed by atoms with Crippen molar-refractivity contribution in [3.63, 3.8) is 0 Å². The Morgan fingerprint density at radius 2 is 1.92 bits per heavy atom. The van der Waals surface area contributed by atoms with Crippen LogP contribution < -0.4 is 5.32 Å². The summed E-state index contributed by atoms with van der Waals surface area (Å²) in [5.74, 6) is 0.137. The highest BCUT2D eigenvalue weighted by Gasteiger charge is 2.28. The van der Waals surface area contributed by atoms with Gasteiger partial charge in [-0.25, -0.2) is 0 Å². The van der Waals surface area contributed by atoms with Gasteiger partial charge in [-0.05, 0) is 49.7 Å². The molecule has 0 aliphatic carbocycles. The zero-order chi connectivity index (χ0) is 17.8. The van der Waals surface area contributed by atoms with Gasteiger partial charge in [-0.2, -0.15) is 0 Å². The fourth-order valence-corrected chi connectivity index (χ4v) is 4.43. The number of benzene rings is 2. The molecule has 2 aromatic carbocycles. The Balaban J connectivity index is 1.61. The van der Waals surface area contributed by atoms with Gasteiger partial charge in [-0.15, -0.1) is 11.8 Å². The summed E-state index contributed by atoms with van der Waals surface area (Å²) in [6.07, 6.45) is 1.87. The van der Waals surface area contributed by atoms with Crippen molar-refractivity contribution in [2.24, 2.45) is 0 Å². The van der Waals surface area contributed by atoms with Crippen LogP contribution in [0, 0.1) is 0 Å². The summed E-state index contributed by atoms with van der Waals surface area (Å²) in [5.41, 5.74) is 3.86. The van der Waals surface area contributed by atoms with Gasteiger partial charge in [0, 0.05) is 11.4 Å². The van der Waals surface area contributed by atoms with E-state index in [1.807, 2.05) is 12.1 Å². The Morgan fingerprint density at radius 1 is 1.20 bits per heavy atom. The number of fused-ring (bicyclic) bond motifs is 1. The molecule has 1 amide bonds. The summed E-state index contributed by atoms with van der Waals surface area (Å²) in [7, 11) is 4.12. The standard InChI is InChI=1S/C21H26N2OS/c1-4-15-9-11-16(12-10-15)18(23(2)3)14-22-21(24)20-13-17-7-5-6-8-19(17)25-20/h5-12,18,20H,4,13-14H2,1-3H3,(H,22,24). The number of hydrogen-bond donors (Lipinski definition) is 1. The van der Waals surface area contributed by atoms with E-state index in [0.29, 0.717) is 6.54 Å². The maximum Gasteiger partial charge on any atom is 0.233 e. The summed E-state index contributed by atoms with van der Waals surface area (Å²) in [6.45, 7) is 2.79. The predicted octanol–water partition coefficient (Wildman–Crippen LogP) is 3.68. The summed E-state index contributed by atoms with van der Waals surface area (Å²) >= 11 is 1.68. The van der Waals surface area contributed by atoms with E-state index in [2.05, 4.69) is 67.6 Å². The molecule has 4 heteroatoms. The fraction of sp³-hybridized carbons (Fsp3) is 0.381. The van der Waals surface area contributed by atoms with Crippen LogP contribution in [-0.2, 0) is 17.6 Å². The van der Waals surface area contributed by atoms with Gasteiger partial charge in [0.1, 0.15) is 0 Å². The van der Waals surface area contributed by atoms with Crippen LogP contribution in [0.5, 0.6) is 0 Å². The first-order chi connectivity index (χ1) is 12.1. The van der Waals surface area contributed by atoms with E-state index in [9.17, 15) is 4.79 Å². The summed E-state index contributed by atoms with van der Waals surface area (Å²) < 4.78 is 0. The highest BCUT2D eigenvalue weighted by molar-refractivity contribution is 8.01. The molecule has 0 radical (unpaired) electrons. The normalized spacial score (nSPS) is 17.4. The van der Waals surface area contributed by atoms with Gasteiger partial charge in [-0.3, -0.25) is 4.79 Å². The number of amides is 1. The van der Waals surface area contributed by atoms with Crippen LogP contribution in [0.25, 0.3) is 0 Å². The SMILES string of the molecule is CCc1ccc(C(CNC(=O)C2Cc3ccccc3S2)N(C)C)cc1. The predicted molar refractivity (Wildman–Crippen MR) is 105 cm³/mol. The molecular formula is C21H26N2OS. The van der Waals surface area contributed by atoms with Crippen LogP contribution in [0.2, 0.25) is 0 Å². The van der Waals surface area contributed by atoms with Crippen LogP contribution in [0.4, 0.5) is 0 Å². The smallest absolute Gasteiger partial charge is 0.233 e. The second kappa shape index (κ2) is 8.07. The zero-order valence-corrected chi connectivity index (χ0v) is 16.0. The van der Waals surface area contributed by atoms with Crippen molar-refractivity contribution >= 4 is 17.7 Å². The van der Waals surface area contributed by atoms with E-state index in [0.717, 1.165) is 12.8 Å². The quantitative estimate of drug-likeness (QED) is 0.859. The van der Waals surface area contributed by atoms with Crippen LogP contribution in [0.3, 0.4) is 0 Å². The second-order valence-corrected chi connectivity index (χ2v) is 7.98. The molecule has 1 aliphatic rings. The highest BCUT2D eigenvalue weighted by atomic mass is 32.2. The van der Waals surface area contributed by atoms with Crippen molar-refractivity contribution in [2.45, 2.75) is 36.0 Å². The number of carbonyl (C=O) groups excluding carboxylic acids is 1. The third-order valence-corrected chi connectivity index (χ3v) is 6.12. The zero-order valence-electron chi connectivity index (χ0n) is 15.2. The van der Waals surface area contributed by atoms with Gasteiger partial charge in [0.15, 0.2) is 0 Å². The van der Waals surface area contributed by atoms with Crippen molar-refractivity contribution in [1.82, 2.24) is 10.2 Å². The number of aryl methyl sites for hydroxylation is 1. The number of nitrogens with one attached hydrogen (secondary N) is 1. The van der Waals surface area contributed by atoms with Gasteiger partial charge < -0.3 is 10.2 Å². The van der Waals surface area contributed by atoms with Gasteiger partial charge in [0.25, 0.3) is 0 Å². The number of carbonyl (C=O) groups is 1. The molecule has 0 aromatic heterocycles. The minimum Gasteiger partial charge on any atom is -0.353 e. The number of likely N-dealkylation sites (N-methyl/N-ethyl adjacent to an activating group) is 1. The average molecular weight is 355 g/mol. The first-order valence-corrected chi connectivity index (χ1v) is 9.74. The molecule has 132 valence electrons. The molecule has 1 heterocycles. The summed E-state index contributed by atoms with van der Waals surface area (Å²) in [4.78, 5) is 16.0. The minimum absolute atomic E-state index is 0.0114. The number of thioether (sulfide) groups is 1. The van der Waals surface area contributed by atoms with Gasteiger partial charge in [-0.1, -0.05) is 49.4 Å². The molecule has 2 unspecified atom stereocenters. The number of nitrogens with zero attached hydrogens (tertiary/aromatic N) is 1. The molecule has 0 bridgehead atoms. The lowest BCUT2D eigenvalue weighted by molar-refractivity contribution is -0.120. The van der Waals surface area contributed by atoms with Crippen molar-refractivity contribution in [1.29, 1.82) is 0 Å². The molecule has 0 fully saturated rings. The second-order valence-electron chi connectivity index (χ2n) is 6.74. The van der Waals surface area contributed by atoms with Crippen LogP contribution >= 0.6 is 11.8 Å². The van der Waals surface area contributed by atoms with Crippen molar-refractivity contribution in [2.75, 3.05) is 20.6 Å². The van der Waals surface area contributed by atoms with E-state index in [1.54, 1.807) is 11.8 Å². The third-order valence-electron chi connectivity index (χ3n) is 4.81. The summed E-state index contributed by atoms with van der Waals surface area (Å²) in [5, 5.41) is 3.16. The maximum atomic E-state index is 12.6. The Hall–Kier alpha value is -1.78. The first kappa shape index (κ1) is 18.0. The molecule has 0 spiro atoms. The van der Waals surface area contributed by atoms with E-state index in [1.165, 1.54) is 21.6 Å². The van der Waals surface area contributed by atoms with Crippen LogP contribution in [-0.4, -0.2) is 36.7 Å². The van der Waals surface area contributed by atoms with Crippen molar-refractivity contribution in [3.05, 3.63) is 65.2 Å². The number of hydrogen-bond acceptors (Lipinski definition) is 3. The molecule has 0 saturated heterocycles. The molecule has 0 saturated carbocycles. The van der Waals surface area contributed by atoms with Gasteiger partial charge in [0.05, 0.1) is 11.3 Å². The average Bonchev–Trinajstić information content (AvgIpc) is 3.06. The molecular weight excluding hydrogens is 328 g/mol. The van der Waals surface area contributed by atoms with Crippen LogP contribution in [0.15, 0.2) is 53.4 Å². The Bertz CT molecular complexity index is 702. The molecule has 3 nitrogen and oxygen atoms in total. The van der Waals surface area contributed by atoms with Gasteiger partial charge >= 0.3 is 0 Å². The van der Waals surface area contributed by atoms with Crippen molar-refractivity contribution in [3.8, 4) is 0 Å². The summed E-state index contributed by atoms with van der Waals surface area (Å²) in [6, 6.07) is 17.2. The maximum absolute atomic E-state index is 12.6. The molecule has 25 heavy (non-hydrogen) atoms. The Kier molecular flexibility index (Phi) is 5.82.